The van der Waals surface area contributed by atoms with Gasteiger partial charge in [0.15, 0.2) is 5.78 Å². The minimum Gasteiger partial charge on any atom is -0.368 e. The fraction of sp³-hybridized carbons (Fsp3) is 0.591. The van der Waals surface area contributed by atoms with E-state index in [2.05, 4.69) is 17.4 Å². The number of nitrogens with one attached hydrogen (secondary N) is 1. The molecule has 6 nitrogen and oxygen atoms in total. The smallest absolute Gasteiger partial charge is 0.224 e. The first-order chi connectivity index (χ1) is 13.3. The van der Waals surface area contributed by atoms with Crippen molar-refractivity contribution < 1.29 is 19.1 Å². The van der Waals surface area contributed by atoms with Gasteiger partial charge in [-0.05, 0) is 36.8 Å². The van der Waals surface area contributed by atoms with Crippen LogP contribution in [-0.2, 0) is 32.1 Å². The van der Waals surface area contributed by atoms with E-state index in [-0.39, 0.29) is 42.6 Å². The number of hydrogen-bond acceptors (Lipinski definition) is 4. The second-order valence-electron chi connectivity index (χ2n) is 8.33. The number of carbonyl (C=O) groups excluding carboxylic acids is 3. The van der Waals surface area contributed by atoms with Crippen molar-refractivity contribution >= 4 is 17.6 Å². The van der Waals surface area contributed by atoms with E-state index in [9.17, 15) is 14.4 Å². The highest BCUT2D eigenvalue weighted by Gasteiger charge is 2.36. The lowest BCUT2D eigenvalue weighted by molar-refractivity contribution is -0.138. The summed E-state index contributed by atoms with van der Waals surface area (Å²) in [4.78, 5) is 39.6. The summed E-state index contributed by atoms with van der Waals surface area (Å²) in [5.74, 6) is -0.500. The lowest BCUT2D eigenvalue weighted by atomic mass is 9.91. The van der Waals surface area contributed by atoms with Crippen molar-refractivity contribution in [3.05, 3.63) is 35.4 Å². The van der Waals surface area contributed by atoms with E-state index in [0.717, 1.165) is 6.42 Å². The van der Waals surface area contributed by atoms with Crippen molar-refractivity contribution in [3.63, 3.8) is 0 Å². The van der Waals surface area contributed by atoms with E-state index < -0.39 is 12.0 Å². The van der Waals surface area contributed by atoms with Crippen molar-refractivity contribution in [3.8, 4) is 0 Å². The van der Waals surface area contributed by atoms with Crippen molar-refractivity contribution in [2.75, 3.05) is 13.2 Å². The highest BCUT2D eigenvalue weighted by Crippen LogP contribution is 2.23. The van der Waals surface area contributed by atoms with Gasteiger partial charge in [-0.1, -0.05) is 38.1 Å². The molecule has 2 aliphatic rings. The molecule has 0 aliphatic carbocycles. The van der Waals surface area contributed by atoms with Crippen molar-refractivity contribution in [1.29, 1.82) is 0 Å². The molecule has 152 valence electrons. The molecule has 0 unspecified atom stereocenters. The largest absolute Gasteiger partial charge is 0.368 e. The van der Waals surface area contributed by atoms with Crippen molar-refractivity contribution in [2.45, 2.75) is 58.7 Å². The van der Waals surface area contributed by atoms with Gasteiger partial charge in [0.2, 0.25) is 11.8 Å². The van der Waals surface area contributed by atoms with E-state index in [0.29, 0.717) is 19.5 Å². The van der Waals surface area contributed by atoms with Gasteiger partial charge in [-0.15, -0.1) is 0 Å². The number of amides is 2. The second-order valence-corrected chi connectivity index (χ2v) is 8.33. The summed E-state index contributed by atoms with van der Waals surface area (Å²) in [7, 11) is 0. The molecule has 0 spiro atoms. The van der Waals surface area contributed by atoms with Crippen molar-refractivity contribution in [1.82, 2.24) is 10.2 Å². The monoisotopic (exact) mass is 386 g/mol. The lowest BCUT2D eigenvalue weighted by Crippen LogP contribution is -2.47. The number of Topliss-reactive ketones (excluding diaryl/α,β-unsaturated/α-hetero) is 1. The molecule has 2 aliphatic heterocycles. The predicted molar refractivity (Wildman–Crippen MR) is 105 cm³/mol. The molecular weight excluding hydrogens is 356 g/mol. The molecule has 6 heteroatoms. The van der Waals surface area contributed by atoms with Crippen LogP contribution in [0.3, 0.4) is 0 Å². The molecule has 0 aromatic heterocycles. The van der Waals surface area contributed by atoms with E-state index in [1.54, 1.807) is 6.92 Å². The molecule has 3 rings (SSSR count). The van der Waals surface area contributed by atoms with Crippen LogP contribution in [0.25, 0.3) is 0 Å². The number of nitrogens with zero attached hydrogens (tertiary/aromatic N) is 1. The molecule has 1 fully saturated rings. The molecule has 3 atom stereocenters. The molecule has 0 bridgehead atoms. The van der Waals surface area contributed by atoms with E-state index in [4.69, 9.17) is 4.74 Å². The molecule has 2 heterocycles. The van der Waals surface area contributed by atoms with Crippen LogP contribution in [0.1, 0.15) is 44.7 Å². The number of carbonyl (C=O) groups is 3. The number of fused-ring (bicyclic) bond motifs is 1. The lowest BCUT2D eigenvalue weighted by Gasteiger charge is -2.30. The van der Waals surface area contributed by atoms with E-state index in [1.807, 2.05) is 30.9 Å². The van der Waals surface area contributed by atoms with Gasteiger partial charge < -0.3 is 15.0 Å². The second kappa shape index (κ2) is 8.86. The van der Waals surface area contributed by atoms with Gasteiger partial charge in [-0.2, -0.15) is 0 Å². The Morgan fingerprint density at radius 2 is 1.96 bits per heavy atom. The van der Waals surface area contributed by atoms with Gasteiger partial charge >= 0.3 is 0 Å². The number of rotatable bonds is 6. The normalized spacial score (nSPS) is 22.9. The van der Waals surface area contributed by atoms with Crippen LogP contribution in [-0.4, -0.2) is 47.8 Å². The highest BCUT2D eigenvalue weighted by atomic mass is 16.5. The van der Waals surface area contributed by atoms with E-state index in [1.165, 1.54) is 11.1 Å². The summed E-state index contributed by atoms with van der Waals surface area (Å²) >= 11 is 0. The van der Waals surface area contributed by atoms with Crippen LogP contribution < -0.4 is 5.32 Å². The Bertz CT molecular complexity index is 746. The summed E-state index contributed by atoms with van der Waals surface area (Å²) in [6.45, 7) is 7.16. The Balaban J connectivity index is 1.64. The van der Waals surface area contributed by atoms with E-state index >= 15 is 0 Å². The summed E-state index contributed by atoms with van der Waals surface area (Å²) < 4.78 is 5.31. The summed E-state index contributed by atoms with van der Waals surface area (Å²) in [5, 5.41) is 2.82. The molecule has 0 radical (unpaired) electrons. The molecule has 1 N–H and O–H groups in total. The van der Waals surface area contributed by atoms with Crippen LogP contribution in [0.5, 0.6) is 0 Å². The Morgan fingerprint density at radius 1 is 1.25 bits per heavy atom. The Labute approximate surface area is 166 Å². The third-order valence-corrected chi connectivity index (χ3v) is 5.63. The van der Waals surface area contributed by atoms with Crippen LogP contribution >= 0.6 is 0 Å². The average Bonchev–Trinajstić information content (AvgIpc) is 2.98. The zero-order chi connectivity index (χ0) is 20.3. The predicted octanol–water partition coefficient (Wildman–Crippen LogP) is 2.10. The SMILES string of the molecule is CC(C)C[C@H](CC(=O)N1CCc2ccccc2C1)C(=O)N[C@@H]1C(=O)CO[C@@H]1C. The standard InChI is InChI=1S/C22H30N2O4/c1-14(2)10-18(22(27)23-21-15(3)28-13-19(21)25)11-20(26)24-9-8-16-6-4-5-7-17(16)12-24/h4-7,14-15,18,21H,8-13H2,1-3H3,(H,23,27)/t15-,18-,21+/m1/s1. The molecule has 28 heavy (non-hydrogen) atoms. The maximum Gasteiger partial charge on any atom is 0.224 e. The minimum absolute atomic E-state index is 0.00245. The number of ether oxygens (including phenoxy) is 1. The fourth-order valence-electron chi connectivity index (χ4n) is 4.03. The number of benzene rings is 1. The first-order valence-electron chi connectivity index (χ1n) is 10.1. The third-order valence-electron chi connectivity index (χ3n) is 5.63. The minimum atomic E-state index is -0.612. The zero-order valence-corrected chi connectivity index (χ0v) is 16.9. The summed E-state index contributed by atoms with van der Waals surface area (Å²) in [6, 6.07) is 7.56. The first kappa shape index (κ1) is 20.5. The van der Waals surface area contributed by atoms with Gasteiger partial charge in [0.1, 0.15) is 12.6 Å². The Kier molecular flexibility index (Phi) is 6.50. The maximum absolute atomic E-state index is 12.9. The topological polar surface area (TPSA) is 75.7 Å². The Morgan fingerprint density at radius 3 is 2.61 bits per heavy atom. The third kappa shape index (κ3) is 4.79. The molecule has 1 aromatic rings. The molecule has 1 aromatic carbocycles. The number of ketones is 1. The Hall–Kier alpha value is -2.21. The summed E-state index contributed by atoms with van der Waals surface area (Å²) in [5.41, 5.74) is 2.46. The number of hydrogen-bond donors (Lipinski definition) is 1. The zero-order valence-electron chi connectivity index (χ0n) is 16.9. The van der Waals surface area contributed by atoms with Gasteiger partial charge in [-0.3, -0.25) is 14.4 Å². The fourth-order valence-corrected chi connectivity index (χ4v) is 4.03. The highest BCUT2D eigenvalue weighted by molar-refractivity contribution is 5.93. The summed E-state index contributed by atoms with van der Waals surface area (Å²) in [6.07, 6.45) is 1.29. The maximum atomic E-state index is 12.9. The van der Waals surface area contributed by atoms with Gasteiger partial charge in [0, 0.05) is 25.4 Å². The van der Waals surface area contributed by atoms with Gasteiger partial charge in [-0.25, -0.2) is 0 Å². The van der Waals surface area contributed by atoms with Crippen molar-refractivity contribution in [2.24, 2.45) is 11.8 Å². The van der Waals surface area contributed by atoms with Crippen LogP contribution in [0.2, 0.25) is 0 Å². The molecular formula is C22H30N2O4. The quantitative estimate of drug-likeness (QED) is 0.812. The first-order valence-corrected chi connectivity index (χ1v) is 10.1. The average molecular weight is 386 g/mol. The van der Waals surface area contributed by atoms with Gasteiger partial charge in [0.05, 0.1) is 6.10 Å². The molecule has 1 saturated heterocycles. The molecule has 2 amide bonds. The molecule has 0 saturated carbocycles. The van der Waals surface area contributed by atoms with Crippen LogP contribution in [0.4, 0.5) is 0 Å². The van der Waals surface area contributed by atoms with Gasteiger partial charge in [0.25, 0.3) is 0 Å². The van der Waals surface area contributed by atoms with Crippen LogP contribution in [0.15, 0.2) is 24.3 Å². The van der Waals surface area contributed by atoms with Crippen LogP contribution in [0, 0.1) is 11.8 Å².